The molecule has 0 radical (unpaired) electrons. The number of hydrogen-bond acceptors (Lipinski definition) is 4. The van der Waals surface area contributed by atoms with E-state index in [-0.39, 0.29) is 24.4 Å². The van der Waals surface area contributed by atoms with Crippen molar-refractivity contribution in [2.75, 3.05) is 14.2 Å². The minimum absolute atomic E-state index is 0. The van der Waals surface area contributed by atoms with Crippen molar-refractivity contribution in [2.45, 2.75) is 25.6 Å². The van der Waals surface area contributed by atoms with Crippen LogP contribution in [-0.2, 0) is 24.3 Å². The molecule has 1 aliphatic rings. The fraction of sp³-hybridized carbons (Fsp3) is 0.316. The van der Waals surface area contributed by atoms with Crippen LogP contribution in [0.5, 0.6) is 11.5 Å². The normalized spacial score (nSPS) is 15.5. The number of hydrogen-bond donors (Lipinski definition) is 2. The summed E-state index contributed by atoms with van der Waals surface area (Å²) in [6.45, 7) is 1.18. The van der Waals surface area contributed by atoms with Gasteiger partial charge in [0.05, 0.1) is 20.3 Å². The number of carbonyl (C=O) groups excluding carboxylic acids is 1. The van der Waals surface area contributed by atoms with E-state index in [2.05, 4.69) is 22.8 Å². The summed E-state index contributed by atoms with van der Waals surface area (Å²) in [6.07, 6.45) is 0.716. The largest absolute Gasteiger partial charge is 0.493 e. The molecule has 0 unspecified atom stereocenters. The second-order valence-electron chi connectivity index (χ2n) is 5.81. The van der Waals surface area contributed by atoms with Crippen molar-refractivity contribution < 1.29 is 14.3 Å². The molecule has 0 saturated heterocycles. The molecule has 2 aromatic carbocycles. The third-order valence-corrected chi connectivity index (χ3v) is 4.31. The van der Waals surface area contributed by atoms with Crippen molar-refractivity contribution in [3.05, 3.63) is 59.2 Å². The molecule has 0 spiro atoms. The van der Waals surface area contributed by atoms with Crippen LogP contribution in [0.3, 0.4) is 0 Å². The summed E-state index contributed by atoms with van der Waals surface area (Å²) in [4.78, 5) is 12.4. The van der Waals surface area contributed by atoms with Crippen LogP contribution >= 0.6 is 12.4 Å². The molecule has 0 fully saturated rings. The van der Waals surface area contributed by atoms with E-state index in [9.17, 15) is 4.79 Å². The van der Waals surface area contributed by atoms with Gasteiger partial charge in [0.1, 0.15) is 0 Å². The van der Waals surface area contributed by atoms with Crippen LogP contribution in [-0.4, -0.2) is 26.2 Å². The fourth-order valence-electron chi connectivity index (χ4n) is 2.94. The van der Waals surface area contributed by atoms with Gasteiger partial charge < -0.3 is 20.1 Å². The maximum atomic E-state index is 12.4. The zero-order chi connectivity index (χ0) is 16.9. The Kier molecular flexibility index (Phi) is 6.67. The Morgan fingerprint density at radius 3 is 2.56 bits per heavy atom. The van der Waals surface area contributed by atoms with E-state index in [1.165, 1.54) is 11.1 Å². The number of rotatable bonds is 5. The van der Waals surface area contributed by atoms with Crippen LogP contribution < -0.4 is 20.1 Å². The van der Waals surface area contributed by atoms with Crippen LogP contribution in [0.25, 0.3) is 0 Å². The summed E-state index contributed by atoms with van der Waals surface area (Å²) in [7, 11) is 3.20. The van der Waals surface area contributed by atoms with E-state index in [1.807, 2.05) is 30.3 Å². The number of methoxy groups -OCH3 is 2. The molecular formula is C19H23ClN2O3. The number of nitrogens with one attached hydrogen (secondary N) is 2. The molecule has 5 nitrogen and oxygen atoms in total. The first-order valence-corrected chi connectivity index (χ1v) is 8.00. The standard InChI is InChI=1S/C19H22N2O3.ClH/c1-23-17-8-7-13(9-18(17)24-2)11-21-19(22)16-10-14-5-3-4-6-15(14)12-20-16;/h3-9,16,20H,10-12H2,1-2H3,(H,21,22);1H/t16-;/m0./s1. The molecule has 0 aromatic heterocycles. The average Bonchev–Trinajstić information content (AvgIpc) is 2.65. The molecule has 1 aliphatic heterocycles. The summed E-state index contributed by atoms with van der Waals surface area (Å²) in [5, 5.41) is 6.29. The Morgan fingerprint density at radius 1 is 1.12 bits per heavy atom. The minimum Gasteiger partial charge on any atom is -0.493 e. The second kappa shape index (κ2) is 8.74. The Bertz CT molecular complexity index is 736. The van der Waals surface area contributed by atoms with E-state index in [0.29, 0.717) is 24.5 Å². The molecule has 0 aliphatic carbocycles. The Balaban J connectivity index is 0.00000225. The number of benzene rings is 2. The van der Waals surface area contributed by atoms with Gasteiger partial charge in [-0.1, -0.05) is 30.3 Å². The van der Waals surface area contributed by atoms with Crippen LogP contribution in [0.4, 0.5) is 0 Å². The van der Waals surface area contributed by atoms with Crippen molar-refractivity contribution in [1.29, 1.82) is 0 Å². The molecule has 3 rings (SSSR count). The first-order chi connectivity index (χ1) is 11.7. The van der Waals surface area contributed by atoms with Crippen molar-refractivity contribution in [3.63, 3.8) is 0 Å². The predicted molar refractivity (Wildman–Crippen MR) is 99.4 cm³/mol. The van der Waals surface area contributed by atoms with Gasteiger partial charge in [-0.15, -0.1) is 12.4 Å². The number of carbonyl (C=O) groups is 1. The summed E-state index contributed by atoms with van der Waals surface area (Å²) in [6, 6.07) is 13.7. The van der Waals surface area contributed by atoms with Crippen LogP contribution in [0.2, 0.25) is 0 Å². The molecule has 25 heavy (non-hydrogen) atoms. The molecule has 6 heteroatoms. The third-order valence-electron chi connectivity index (χ3n) is 4.31. The Hall–Kier alpha value is -2.24. The number of amides is 1. The zero-order valence-corrected chi connectivity index (χ0v) is 15.2. The molecule has 134 valence electrons. The van der Waals surface area contributed by atoms with E-state index in [4.69, 9.17) is 9.47 Å². The van der Waals surface area contributed by atoms with Crippen LogP contribution in [0.15, 0.2) is 42.5 Å². The predicted octanol–water partition coefficient (Wildman–Crippen LogP) is 2.46. The van der Waals surface area contributed by atoms with Crippen molar-refractivity contribution in [3.8, 4) is 11.5 Å². The van der Waals surface area contributed by atoms with Gasteiger partial charge in [0.25, 0.3) is 0 Å². The SMILES string of the molecule is COc1ccc(CNC(=O)[C@@H]2Cc3ccccc3CN2)cc1OC.Cl. The average molecular weight is 363 g/mol. The molecule has 2 N–H and O–H groups in total. The summed E-state index contributed by atoms with van der Waals surface area (Å²) in [5.74, 6) is 1.35. The van der Waals surface area contributed by atoms with Gasteiger partial charge in [-0.3, -0.25) is 4.79 Å². The molecule has 1 atom stereocenters. The monoisotopic (exact) mass is 362 g/mol. The maximum Gasteiger partial charge on any atom is 0.237 e. The van der Waals surface area contributed by atoms with E-state index in [1.54, 1.807) is 14.2 Å². The van der Waals surface area contributed by atoms with Crippen molar-refractivity contribution in [1.82, 2.24) is 10.6 Å². The Labute approximate surface area is 154 Å². The molecule has 0 saturated carbocycles. The lowest BCUT2D eigenvalue weighted by Gasteiger charge is -2.25. The number of fused-ring (bicyclic) bond motifs is 1. The highest BCUT2D eigenvalue weighted by molar-refractivity contribution is 5.85. The van der Waals surface area contributed by atoms with Gasteiger partial charge in [0.2, 0.25) is 5.91 Å². The van der Waals surface area contributed by atoms with E-state index in [0.717, 1.165) is 12.1 Å². The van der Waals surface area contributed by atoms with Crippen molar-refractivity contribution >= 4 is 18.3 Å². The van der Waals surface area contributed by atoms with Gasteiger partial charge >= 0.3 is 0 Å². The quantitative estimate of drug-likeness (QED) is 0.857. The lowest BCUT2D eigenvalue weighted by atomic mass is 9.95. The summed E-state index contributed by atoms with van der Waals surface area (Å²) < 4.78 is 10.5. The molecule has 0 bridgehead atoms. The first kappa shape index (κ1) is 19.1. The maximum absolute atomic E-state index is 12.4. The number of ether oxygens (including phenoxy) is 2. The van der Waals surface area contributed by atoms with E-state index >= 15 is 0 Å². The van der Waals surface area contributed by atoms with Crippen molar-refractivity contribution in [2.24, 2.45) is 0 Å². The topological polar surface area (TPSA) is 59.6 Å². The molecule has 2 aromatic rings. The highest BCUT2D eigenvalue weighted by Crippen LogP contribution is 2.27. The summed E-state index contributed by atoms with van der Waals surface area (Å²) >= 11 is 0. The van der Waals surface area contributed by atoms with Gasteiger partial charge in [-0.05, 0) is 35.2 Å². The van der Waals surface area contributed by atoms with Gasteiger partial charge in [-0.25, -0.2) is 0 Å². The van der Waals surface area contributed by atoms with Gasteiger partial charge in [-0.2, -0.15) is 0 Å². The fourth-order valence-corrected chi connectivity index (χ4v) is 2.94. The van der Waals surface area contributed by atoms with Gasteiger partial charge in [0, 0.05) is 13.1 Å². The van der Waals surface area contributed by atoms with Crippen LogP contribution in [0.1, 0.15) is 16.7 Å². The smallest absolute Gasteiger partial charge is 0.237 e. The zero-order valence-electron chi connectivity index (χ0n) is 14.4. The van der Waals surface area contributed by atoms with Gasteiger partial charge in [0.15, 0.2) is 11.5 Å². The lowest BCUT2D eigenvalue weighted by Crippen LogP contribution is -2.47. The highest BCUT2D eigenvalue weighted by Gasteiger charge is 2.23. The highest BCUT2D eigenvalue weighted by atomic mass is 35.5. The summed E-state index contributed by atoms with van der Waals surface area (Å²) in [5.41, 5.74) is 3.47. The van der Waals surface area contributed by atoms with E-state index < -0.39 is 0 Å². The van der Waals surface area contributed by atoms with Crippen LogP contribution in [0, 0.1) is 0 Å². The molecule has 1 heterocycles. The lowest BCUT2D eigenvalue weighted by molar-refractivity contribution is -0.123. The molecule has 1 amide bonds. The Morgan fingerprint density at radius 2 is 1.84 bits per heavy atom. The second-order valence-corrected chi connectivity index (χ2v) is 5.81. The number of halogens is 1. The molecular weight excluding hydrogens is 340 g/mol. The minimum atomic E-state index is -0.194. The third kappa shape index (κ3) is 4.44. The first-order valence-electron chi connectivity index (χ1n) is 8.00.